The molecule has 4 nitrogen and oxygen atoms in total. The number of amides is 1. The van der Waals surface area contributed by atoms with Crippen LogP contribution in [0.1, 0.15) is 36.6 Å². The van der Waals surface area contributed by atoms with E-state index in [0.29, 0.717) is 5.92 Å². The number of methoxy groups -OCH3 is 1. The Balaban J connectivity index is 2.03. The number of rotatable bonds is 6. The molecule has 1 saturated carbocycles. The highest BCUT2D eigenvalue weighted by Gasteiger charge is 2.29. The van der Waals surface area contributed by atoms with Gasteiger partial charge in [0.25, 0.3) is 0 Å². The second-order valence-electron chi connectivity index (χ2n) is 5.11. The third-order valence-corrected chi connectivity index (χ3v) is 4.66. The molecule has 1 heterocycles. The predicted molar refractivity (Wildman–Crippen MR) is 77.0 cm³/mol. The van der Waals surface area contributed by atoms with E-state index in [1.807, 2.05) is 6.07 Å². The molecule has 1 fully saturated rings. The maximum atomic E-state index is 12.1. The predicted octanol–water partition coefficient (Wildman–Crippen LogP) is 2.07. The second kappa shape index (κ2) is 7.03. The molecule has 2 unspecified atom stereocenters. The van der Waals surface area contributed by atoms with Gasteiger partial charge in [-0.3, -0.25) is 4.79 Å². The summed E-state index contributed by atoms with van der Waals surface area (Å²) < 4.78 is 4.94. The highest BCUT2D eigenvalue weighted by Crippen LogP contribution is 2.37. The van der Waals surface area contributed by atoms with E-state index in [1.165, 1.54) is 30.6 Å². The lowest BCUT2D eigenvalue weighted by molar-refractivity contribution is -0.124. The van der Waals surface area contributed by atoms with E-state index >= 15 is 0 Å². The number of ether oxygens (including phenoxy) is 1. The summed E-state index contributed by atoms with van der Waals surface area (Å²) in [5.41, 5.74) is 5.79. The highest BCUT2D eigenvalue weighted by molar-refractivity contribution is 7.10. The molecular formula is C14H22N2O2S. The Hall–Kier alpha value is -0.910. The van der Waals surface area contributed by atoms with Gasteiger partial charge in [-0.2, -0.15) is 0 Å². The molecule has 1 aliphatic carbocycles. The van der Waals surface area contributed by atoms with Crippen molar-refractivity contribution in [2.75, 3.05) is 13.7 Å². The average molecular weight is 282 g/mol. The fourth-order valence-electron chi connectivity index (χ4n) is 2.70. The minimum atomic E-state index is -0.589. The van der Waals surface area contributed by atoms with Gasteiger partial charge in [-0.15, -0.1) is 11.3 Å². The molecule has 0 bridgehead atoms. The SMILES string of the molecule is COCC(N)C(=O)NC(c1cccs1)C1CCCC1. The van der Waals surface area contributed by atoms with E-state index in [4.69, 9.17) is 10.5 Å². The van der Waals surface area contributed by atoms with Crippen LogP contribution in [0.15, 0.2) is 17.5 Å². The number of carbonyl (C=O) groups excluding carboxylic acids is 1. The molecule has 1 aromatic heterocycles. The number of thiophene rings is 1. The Morgan fingerprint density at radius 3 is 2.89 bits per heavy atom. The van der Waals surface area contributed by atoms with E-state index in [0.717, 1.165) is 0 Å². The normalized spacial score (nSPS) is 19.3. The minimum absolute atomic E-state index is 0.109. The van der Waals surface area contributed by atoms with E-state index in [1.54, 1.807) is 18.4 Å². The summed E-state index contributed by atoms with van der Waals surface area (Å²) >= 11 is 1.70. The van der Waals surface area contributed by atoms with E-state index < -0.39 is 6.04 Å². The fraction of sp³-hybridized carbons (Fsp3) is 0.643. The number of hydrogen-bond acceptors (Lipinski definition) is 4. The standard InChI is InChI=1S/C14H22N2O2S/c1-18-9-11(15)14(17)16-13(10-5-2-3-6-10)12-7-4-8-19-12/h4,7-8,10-11,13H,2-3,5-6,9,15H2,1H3,(H,16,17). The summed E-state index contributed by atoms with van der Waals surface area (Å²) in [7, 11) is 1.56. The topological polar surface area (TPSA) is 64.3 Å². The zero-order chi connectivity index (χ0) is 13.7. The molecule has 0 spiro atoms. The summed E-state index contributed by atoms with van der Waals surface area (Å²) in [5, 5.41) is 5.17. The van der Waals surface area contributed by atoms with Gasteiger partial charge in [0.05, 0.1) is 12.6 Å². The molecular weight excluding hydrogens is 260 g/mol. The molecule has 106 valence electrons. The average Bonchev–Trinajstić information content (AvgIpc) is 3.09. The molecule has 1 aromatic rings. The van der Waals surface area contributed by atoms with Gasteiger partial charge in [-0.25, -0.2) is 0 Å². The highest BCUT2D eigenvalue weighted by atomic mass is 32.1. The van der Waals surface area contributed by atoms with Crippen LogP contribution in [0.2, 0.25) is 0 Å². The van der Waals surface area contributed by atoms with Gasteiger partial charge < -0.3 is 15.8 Å². The van der Waals surface area contributed by atoms with Gasteiger partial charge in [0.15, 0.2) is 0 Å². The van der Waals surface area contributed by atoms with Crippen molar-refractivity contribution >= 4 is 17.2 Å². The largest absolute Gasteiger partial charge is 0.383 e. The van der Waals surface area contributed by atoms with Crippen molar-refractivity contribution in [3.8, 4) is 0 Å². The number of hydrogen-bond donors (Lipinski definition) is 2. The quantitative estimate of drug-likeness (QED) is 0.839. The Kier molecular flexibility index (Phi) is 5.36. The monoisotopic (exact) mass is 282 g/mol. The van der Waals surface area contributed by atoms with Crippen molar-refractivity contribution in [1.82, 2.24) is 5.32 Å². The molecule has 2 atom stereocenters. The van der Waals surface area contributed by atoms with Crippen LogP contribution in [0.4, 0.5) is 0 Å². The van der Waals surface area contributed by atoms with Crippen molar-refractivity contribution < 1.29 is 9.53 Å². The molecule has 0 aromatic carbocycles. The van der Waals surface area contributed by atoms with Crippen molar-refractivity contribution in [2.24, 2.45) is 11.7 Å². The summed E-state index contributed by atoms with van der Waals surface area (Å²) in [6.07, 6.45) is 4.88. The summed E-state index contributed by atoms with van der Waals surface area (Å²) in [6, 6.07) is 3.64. The van der Waals surface area contributed by atoms with Crippen molar-refractivity contribution in [1.29, 1.82) is 0 Å². The van der Waals surface area contributed by atoms with Gasteiger partial charge >= 0.3 is 0 Å². The maximum Gasteiger partial charge on any atom is 0.239 e. The molecule has 0 radical (unpaired) electrons. The molecule has 19 heavy (non-hydrogen) atoms. The van der Waals surface area contributed by atoms with E-state index in [2.05, 4.69) is 16.8 Å². The lowest BCUT2D eigenvalue weighted by Gasteiger charge is -2.25. The minimum Gasteiger partial charge on any atom is -0.383 e. The van der Waals surface area contributed by atoms with Crippen LogP contribution in [-0.2, 0) is 9.53 Å². The molecule has 0 saturated heterocycles. The van der Waals surface area contributed by atoms with Crippen LogP contribution in [0.3, 0.4) is 0 Å². The van der Waals surface area contributed by atoms with Crippen LogP contribution in [0.25, 0.3) is 0 Å². The van der Waals surface area contributed by atoms with Gasteiger partial charge in [0.2, 0.25) is 5.91 Å². The Labute approximate surface area is 118 Å². The molecule has 0 aliphatic heterocycles. The first-order valence-electron chi connectivity index (χ1n) is 6.80. The third kappa shape index (κ3) is 3.78. The first kappa shape index (κ1) is 14.5. The van der Waals surface area contributed by atoms with Crippen molar-refractivity contribution in [3.63, 3.8) is 0 Å². The maximum absolute atomic E-state index is 12.1. The van der Waals surface area contributed by atoms with Gasteiger partial charge in [0, 0.05) is 12.0 Å². The third-order valence-electron chi connectivity index (χ3n) is 3.70. The smallest absolute Gasteiger partial charge is 0.239 e. The second-order valence-corrected chi connectivity index (χ2v) is 6.09. The lowest BCUT2D eigenvalue weighted by atomic mass is 9.96. The molecule has 1 aliphatic rings. The molecule has 3 N–H and O–H groups in total. The van der Waals surface area contributed by atoms with Crippen LogP contribution < -0.4 is 11.1 Å². The Morgan fingerprint density at radius 2 is 2.32 bits per heavy atom. The van der Waals surface area contributed by atoms with Crippen LogP contribution in [0.5, 0.6) is 0 Å². The first-order valence-corrected chi connectivity index (χ1v) is 7.68. The molecule has 2 rings (SSSR count). The van der Waals surface area contributed by atoms with Crippen LogP contribution in [0, 0.1) is 5.92 Å². The summed E-state index contributed by atoms with van der Waals surface area (Å²) in [6.45, 7) is 0.258. The van der Waals surface area contributed by atoms with Crippen LogP contribution >= 0.6 is 11.3 Å². The van der Waals surface area contributed by atoms with Gasteiger partial charge in [0.1, 0.15) is 6.04 Å². The summed E-state index contributed by atoms with van der Waals surface area (Å²) in [4.78, 5) is 13.3. The number of nitrogens with two attached hydrogens (primary N) is 1. The number of carbonyl (C=O) groups is 1. The number of nitrogens with one attached hydrogen (secondary N) is 1. The van der Waals surface area contributed by atoms with Crippen molar-refractivity contribution in [2.45, 2.75) is 37.8 Å². The molecule has 1 amide bonds. The zero-order valence-corrected chi connectivity index (χ0v) is 12.1. The van der Waals surface area contributed by atoms with Gasteiger partial charge in [-0.05, 0) is 30.2 Å². The Morgan fingerprint density at radius 1 is 1.58 bits per heavy atom. The van der Waals surface area contributed by atoms with E-state index in [-0.39, 0.29) is 18.6 Å². The first-order chi connectivity index (χ1) is 9.22. The van der Waals surface area contributed by atoms with Gasteiger partial charge in [-0.1, -0.05) is 18.9 Å². The van der Waals surface area contributed by atoms with Crippen LogP contribution in [-0.4, -0.2) is 25.7 Å². The molecule has 5 heteroatoms. The zero-order valence-electron chi connectivity index (χ0n) is 11.3. The fourth-order valence-corrected chi connectivity index (χ4v) is 3.57. The Bertz CT molecular complexity index is 388. The van der Waals surface area contributed by atoms with E-state index in [9.17, 15) is 4.79 Å². The summed E-state index contributed by atoms with van der Waals surface area (Å²) in [5.74, 6) is 0.421. The van der Waals surface area contributed by atoms with Crippen molar-refractivity contribution in [3.05, 3.63) is 22.4 Å². The lowest BCUT2D eigenvalue weighted by Crippen LogP contribution is -2.45.